The van der Waals surface area contributed by atoms with Crippen LogP contribution >= 0.6 is 16.9 Å². The maximum atomic E-state index is 12.6. The van der Waals surface area contributed by atoms with Crippen LogP contribution in [0.25, 0.3) is 0 Å². The first-order valence-corrected chi connectivity index (χ1v) is 10.3. The van der Waals surface area contributed by atoms with Gasteiger partial charge in [-0.2, -0.15) is 0 Å². The number of piperidine rings is 1. The Morgan fingerprint density at radius 2 is 1.64 bits per heavy atom. The lowest BCUT2D eigenvalue weighted by atomic mass is 9.88. The van der Waals surface area contributed by atoms with Crippen molar-refractivity contribution in [2.75, 3.05) is 19.6 Å². The monoisotopic (exact) mass is 379 g/mol. The average Bonchev–Trinajstić information content (AvgIpc) is 2.65. The van der Waals surface area contributed by atoms with Crippen molar-refractivity contribution in [3.63, 3.8) is 0 Å². The molecule has 0 unspecified atom stereocenters. The molecule has 0 atom stereocenters. The zero-order chi connectivity index (χ0) is 18.2. The molecule has 1 aromatic carbocycles. The molecule has 1 aliphatic heterocycles. The highest BCUT2D eigenvalue weighted by Crippen LogP contribution is 2.25. The van der Waals surface area contributed by atoms with E-state index in [2.05, 4.69) is 4.90 Å². The lowest BCUT2D eigenvalue weighted by Gasteiger charge is -2.31. The molecular formula is C18H23NO4P2. The van der Waals surface area contributed by atoms with E-state index in [0.717, 1.165) is 38.9 Å². The Morgan fingerprint density at radius 3 is 2.16 bits per heavy atom. The highest BCUT2D eigenvalue weighted by Gasteiger charge is 2.25. The fraction of sp³-hybridized carbons (Fsp3) is 0.556. The third kappa shape index (κ3) is 5.88. The fourth-order valence-electron chi connectivity index (χ4n) is 3.15. The third-order valence-electron chi connectivity index (χ3n) is 4.71. The second kappa shape index (κ2) is 10.0. The number of carbonyl (C=O) groups excluding carboxylic acids is 2. The first-order valence-electron chi connectivity index (χ1n) is 8.57. The molecule has 2 rings (SSSR count). The van der Waals surface area contributed by atoms with Gasteiger partial charge in [0, 0.05) is 17.0 Å². The quantitative estimate of drug-likeness (QED) is 0.467. The van der Waals surface area contributed by atoms with Crippen LogP contribution in [0.1, 0.15) is 53.3 Å². The normalized spacial score (nSPS) is 17.6. The van der Waals surface area contributed by atoms with Gasteiger partial charge in [0.2, 0.25) is 0 Å². The van der Waals surface area contributed by atoms with Crippen LogP contribution in [0.5, 0.6) is 0 Å². The Labute approximate surface area is 151 Å². The predicted molar refractivity (Wildman–Crippen MR) is 98.2 cm³/mol. The Hall–Kier alpha value is -1.28. The largest absolute Gasteiger partial charge is 0.303 e. The van der Waals surface area contributed by atoms with E-state index in [9.17, 15) is 18.7 Å². The van der Waals surface area contributed by atoms with E-state index in [-0.39, 0.29) is 39.8 Å². The van der Waals surface area contributed by atoms with Gasteiger partial charge < -0.3 is 4.90 Å². The third-order valence-corrected chi connectivity index (χ3v) is 6.28. The topological polar surface area (TPSA) is 71.5 Å². The van der Waals surface area contributed by atoms with Crippen LogP contribution in [0.15, 0.2) is 24.3 Å². The summed E-state index contributed by atoms with van der Waals surface area (Å²) in [4.78, 5) is 26.2. The second-order valence-corrected chi connectivity index (χ2v) is 8.52. The maximum absolute atomic E-state index is 12.6. The highest BCUT2D eigenvalue weighted by atomic mass is 31.1. The maximum Gasteiger partial charge on any atom is 0.171 e. The van der Waals surface area contributed by atoms with Crippen LogP contribution < -0.4 is 0 Å². The molecule has 5 nitrogen and oxygen atoms in total. The molecule has 0 spiro atoms. The zero-order valence-electron chi connectivity index (χ0n) is 14.4. The van der Waals surface area contributed by atoms with Crippen molar-refractivity contribution >= 4 is 28.5 Å². The summed E-state index contributed by atoms with van der Waals surface area (Å²) in [5, 5.41) is -0.294. The standard InChI is InChI=1S/C18H23NO4P2/c1-13(20)14-4-6-15(7-5-14)18(21)16-8-11-19(12-9-16)10-2-3-17(24-22)25-23/h4-7,16-17H,2-3,8-12H2,1H3. The van der Waals surface area contributed by atoms with Gasteiger partial charge in [-0.3, -0.25) is 18.7 Å². The van der Waals surface area contributed by atoms with Crippen LogP contribution in [-0.4, -0.2) is 41.5 Å². The van der Waals surface area contributed by atoms with Gasteiger partial charge in [0.25, 0.3) is 0 Å². The van der Waals surface area contributed by atoms with E-state index < -0.39 is 0 Å². The van der Waals surface area contributed by atoms with Gasteiger partial charge in [-0.05, 0) is 52.2 Å². The number of carbonyl (C=O) groups is 2. The summed E-state index contributed by atoms with van der Waals surface area (Å²) in [7, 11) is -0.116. The Balaban J connectivity index is 1.79. The molecule has 1 aliphatic rings. The van der Waals surface area contributed by atoms with Crippen LogP contribution in [-0.2, 0) is 9.13 Å². The molecule has 0 amide bonds. The molecule has 1 fully saturated rings. The van der Waals surface area contributed by atoms with Crippen molar-refractivity contribution in [2.45, 2.75) is 38.0 Å². The van der Waals surface area contributed by atoms with Gasteiger partial charge >= 0.3 is 0 Å². The Bertz CT molecular complexity index is 616. The van der Waals surface area contributed by atoms with E-state index >= 15 is 0 Å². The number of ketones is 2. The number of hydrogen-bond donors (Lipinski definition) is 0. The minimum Gasteiger partial charge on any atom is -0.303 e. The highest BCUT2D eigenvalue weighted by molar-refractivity contribution is 7.44. The van der Waals surface area contributed by atoms with Crippen LogP contribution in [0.4, 0.5) is 0 Å². The number of Topliss-reactive ketones (excluding diaryl/α,β-unsaturated/α-hetero) is 2. The molecule has 0 aliphatic carbocycles. The summed E-state index contributed by atoms with van der Waals surface area (Å²) in [5.41, 5.74) is 1.30. The van der Waals surface area contributed by atoms with Crippen molar-refractivity contribution in [2.24, 2.45) is 5.92 Å². The van der Waals surface area contributed by atoms with Crippen molar-refractivity contribution in [1.82, 2.24) is 4.90 Å². The minimum atomic E-state index is -0.294. The Kier molecular flexibility index (Phi) is 8.02. The van der Waals surface area contributed by atoms with E-state index in [1.807, 2.05) is 0 Å². The van der Waals surface area contributed by atoms with Crippen molar-refractivity contribution in [1.29, 1.82) is 0 Å². The second-order valence-electron chi connectivity index (χ2n) is 6.45. The first kappa shape index (κ1) is 20.0. The lowest BCUT2D eigenvalue weighted by molar-refractivity contribution is 0.0838. The summed E-state index contributed by atoms with van der Waals surface area (Å²) < 4.78 is 21.5. The molecule has 0 saturated carbocycles. The van der Waals surface area contributed by atoms with Gasteiger partial charge in [0.1, 0.15) is 5.40 Å². The molecule has 0 radical (unpaired) electrons. The molecule has 0 bridgehead atoms. The van der Waals surface area contributed by atoms with Crippen LogP contribution in [0, 0.1) is 5.92 Å². The van der Waals surface area contributed by atoms with Crippen LogP contribution in [0.3, 0.4) is 0 Å². The number of hydrogen-bond acceptors (Lipinski definition) is 5. The minimum absolute atomic E-state index is 0.00226. The number of rotatable bonds is 9. The molecule has 25 heavy (non-hydrogen) atoms. The lowest BCUT2D eigenvalue weighted by Crippen LogP contribution is -2.37. The van der Waals surface area contributed by atoms with Gasteiger partial charge in [0.15, 0.2) is 28.5 Å². The Morgan fingerprint density at radius 1 is 1.08 bits per heavy atom. The van der Waals surface area contributed by atoms with Crippen molar-refractivity contribution in [3.8, 4) is 0 Å². The number of likely N-dealkylation sites (tertiary alicyclic amines) is 1. The SMILES string of the molecule is CC(=O)c1ccc(C(=O)C2CCN(CCCC(P=O)P=O)CC2)cc1. The molecule has 0 aromatic heterocycles. The smallest absolute Gasteiger partial charge is 0.171 e. The summed E-state index contributed by atoms with van der Waals surface area (Å²) in [6.07, 6.45) is 3.20. The fourth-order valence-corrected chi connectivity index (χ4v) is 3.88. The van der Waals surface area contributed by atoms with E-state index in [1.54, 1.807) is 24.3 Å². The van der Waals surface area contributed by atoms with Gasteiger partial charge in [-0.25, -0.2) is 0 Å². The molecule has 134 valence electrons. The zero-order valence-corrected chi connectivity index (χ0v) is 16.2. The molecule has 1 aromatic rings. The summed E-state index contributed by atoms with van der Waals surface area (Å²) >= 11 is 0. The molecule has 7 heteroatoms. The number of benzene rings is 1. The van der Waals surface area contributed by atoms with Gasteiger partial charge in [-0.1, -0.05) is 24.3 Å². The van der Waals surface area contributed by atoms with E-state index in [1.165, 1.54) is 6.92 Å². The summed E-state index contributed by atoms with van der Waals surface area (Å²) in [6.45, 7) is 4.14. The van der Waals surface area contributed by atoms with Gasteiger partial charge in [-0.15, -0.1) is 0 Å². The van der Waals surface area contributed by atoms with Gasteiger partial charge in [0.05, 0.1) is 0 Å². The predicted octanol–water partition coefficient (Wildman–Crippen LogP) is 4.47. The molecular weight excluding hydrogens is 356 g/mol. The first-order chi connectivity index (χ1) is 12.0. The summed E-state index contributed by atoms with van der Waals surface area (Å²) in [6, 6.07) is 6.92. The molecule has 1 heterocycles. The van der Waals surface area contributed by atoms with Crippen molar-refractivity contribution in [3.05, 3.63) is 35.4 Å². The van der Waals surface area contributed by atoms with E-state index in [4.69, 9.17) is 0 Å². The van der Waals surface area contributed by atoms with Crippen LogP contribution in [0.2, 0.25) is 0 Å². The van der Waals surface area contributed by atoms with E-state index in [0.29, 0.717) is 17.5 Å². The summed E-state index contributed by atoms with van der Waals surface area (Å²) in [5.74, 6) is 0.195. The average molecular weight is 379 g/mol. The number of nitrogens with zero attached hydrogens (tertiary/aromatic N) is 1. The van der Waals surface area contributed by atoms with Crippen molar-refractivity contribution < 1.29 is 18.7 Å². The molecule has 1 saturated heterocycles. The molecule has 0 N–H and O–H groups in total.